The van der Waals surface area contributed by atoms with E-state index in [-0.39, 0.29) is 36.1 Å². The van der Waals surface area contributed by atoms with Crippen LogP contribution in [0.3, 0.4) is 0 Å². The van der Waals surface area contributed by atoms with Gasteiger partial charge in [-0.05, 0) is 36.8 Å². The van der Waals surface area contributed by atoms with E-state index in [4.69, 9.17) is 0 Å². The van der Waals surface area contributed by atoms with E-state index < -0.39 is 0 Å². The van der Waals surface area contributed by atoms with Crippen LogP contribution in [0.15, 0.2) is 30.4 Å². The Labute approximate surface area is 148 Å². The molecule has 1 N–H and O–H groups in total. The van der Waals surface area contributed by atoms with Crippen LogP contribution in [0.25, 0.3) is 0 Å². The maximum atomic E-state index is 12.5. The summed E-state index contributed by atoms with van der Waals surface area (Å²) in [7, 11) is 0. The SMILES string of the molecule is CCc1cccc(CC)c1NC(=O)CN1C(=O)[C@H]2CC=CC[C@H]2C1=O. The number of rotatable bonds is 5. The molecule has 1 aromatic rings. The quantitative estimate of drug-likeness (QED) is 0.662. The topological polar surface area (TPSA) is 66.5 Å². The summed E-state index contributed by atoms with van der Waals surface area (Å²) in [6, 6.07) is 5.96. The molecule has 1 aliphatic heterocycles. The molecule has 0 radical (unpaired) electrons. The van der Waals surface area contributed by atoms with Crippen LogP contribution in [0.2, 0.25) is 0 Å². The zero-order valence-corrected chi connectivity index (χ0v) is 14.7. The van der Waals surface area contributed by atoms with Crippen LogP contribution in [0.5, 0.6) is 0 Å². The Morgan fingerprint density at radius 2 is 1.56 bits per heavy atom. The average molecular weight is 340 g/mol. The Balaban J connectivity index is 1.74. The highest BCUT2D eigenvalue weighted by molar-refractivity contribution is 6.09. The Morgan fingerprint density at radius 3 is 2.04 bits per heavy atom. The molecule has 1 heterocycles. The summed E-state index contributed by atoms with van der Waals surface area (Å²) < 4.78 is 0. The van der Waals surface area contributed by atoms with E-state index in [1.54, 1.807) is 0 Å². The molecule has 5 heteroatoms. The number of fused-ring (bicyclic) bond motifs is 1. The Kier molecular flexibility index (Phi) is 5.02. The number of nitrogens with zero attached hydrogens (tertiary/aromatic N) is 1. The zero-order valence-electron chi connectivity index (χ0n) is 14.7. The predicted octanol–water partition coefficient (Wildman–Crippen LogP) is 2.70. The number of nitrogens with one attached hydrogen (secondary N) is 1. The fraction of sp³-hybridized carbons (Fsp3) is 0.450. The molecule has 2 atom stereocenters. The lowest BCUT2D eigenvalue weighted by molar-refractivity contribution is -0.142. The van der Waals surface area contributed by atoms with Crippen molar-refractivity contribution in [2.75, 3.05) is 11.9 Å². The number of likely N-dealkylation sites (tertiary alicyclic amines) is 1. The van der Waals surface area contributed by atoms with E-state index in [1.807, 2.05) is 44.2 Å². The number of para-hydroxylation sites is 1. The molecule has 1 saturated heterocycles. The number of allylic oxidation sites excluding steroid dienone is 2. The third-order valence-electron chi connectivity index (χ3n) is 5.16. The van der Waals surface area contributed by atoms with Crippen molar-refractivity contribution in [3.8, 4) is 0 Å². The summed E-state index contributed by atoms with van der Waals surface area (Å²) in [4.78, 5) is 38.6. The smallest absolute Gasteiger partial charge is 0.244 e. The van der Waals surface area contributed by atoms with Crippen molar-refractivity contribution in [3.05, 3.63) is 41.5 Å². The minimum absolute atomic E-state index is 0.203. The number of hydrogen-bond donors (Lipinski definition) is 1. The van der Waals surface area contributed by atoms with Crippen LogP contribution in [0, 0.1) is 11.8 Å². The van der Waals surface area contributed by atoms with Gasteiger partial charge in [0.25, 0.3) is 0 Å². The fourth-order valence-electron chi connectivity index (χ4n) is 3.75. The number of anilines is 1. The summed E-state index contributed by atoms with van der Waals surface area (Å²) in [6.07, 6.45) is 6.68. The number of hydrogen-bond acceptors (Lipinski definition) is 3. The highest BCUT2D eigenvalue weighted by Gasteiger charge is 2.47. The summed E-state index contributed by atoms with van der Waals surface area (Å²) >= 11 is 0. The van der Waals surface area contributed by atoms with Gasteiger partial charge in [-0.1, -0.05) is 44.2 Å². The van der Waals surface area contributed by atoms with Gasteiger partial charge in [0.05, 0.1) is 11.8 Å². The van der Waals surface area contributed by atoms with Gasteiger partial charge in [-0.2, -0.15) is 0 Å². The maximum absolute atomic E-state index is 12.5. The molecule has 5 nitrogen and oxygen atoms in total. The van der Waals surface area contributed by atoms with Crippen LogP contribution in [-0.2, 0) is 27.2 Å². The number of benzene rings is 1. The minimum atomic E-state index is -0.316. The molecule has 1 fully saturated rings. The Bertz CT molecular complexity index is 690. The Hall–Kier alpha value is -2.43. The van der Waals surface area contributed by atoms with Gasteiger partial charge in [-0.3, -0.25) is 19.3 Å². The van der Waals surface area contributed by atoms with Crippen LogP contribution in [0.1, 0.15) is 37.8 Å². The van der Waals surface area contributed by atoms with Crippen molar-refractivity contribution in [1.82, 2.24) is 4.90 Å². The number of carbonyl (C=O) groups excluding carboxylic acids is 3. The third-order valence-corrected chi connectivity index (χ3v) is 5.16. The standard InChI is InChI=1S/C20H24N2O3/c1-3-13-8-7-9-14(4-2)18(13)21-17(23)12-22-19(24)15-10-5-6-11-16(15)20(22)25/h5-9,15-16H,3-4,10-12H2,1-2H3,(H,21,23)/t15-,16+. The molecular weight excluding hydrogens is 316 g/mol. The first-order valence-electron chi connectivity index (χ1n) is 8.97. The van der Waals surface area contributed by atoms with Crippen molar-refractivity contribution in [1.29, 1.82) is 0 Å². The van der Waals surface area contributed by atoms with Gasteiger partial charge in [0.2, 0.25) is 17.7 Å². The second kappa shape index (κ2) is 7.21. The molecule has 0 bridgehead atoms. The van der Waals surface area contributed by atoms with E-state index >= 15 is 0 Å². The summed E-state index contributed by atoms with van der Waals surface area (Å²) in [5, 5.41) is 2.93. The summed E-state index contributed by atoms with van der Waals surface area (Å²) in [5.74, 6) is -1.33. The number of imide groups is 1. The van der Waals surface area contributed by atoms with E-state index in [1.165, 1.54) is 0 Å². The van der Waals surface area contributed by atoms with Gasteiger partial charge in [0.15, 0.2) is 0 Å². The number of amides is 3. The summed E-state index contributed by atoms with van der Waals surface area (Å²) in [6.45, 7) is 3.87. The van der Waals surface area contributed by atoms with Crippen LogP contribution in [-0.4, -0.2) is 29.2 Å². The van der Waals surface area contributed by atoms with Crippen LogP contribution in [0.4, 0.5) is 5.69 Å². The second-order valence-electron chi connectivity index (χ2n) is 6.62. The van der Waals surface area contributed by atoms with Gasteiger partial charge in [-0.25, -0.2) is 0 Å². The fourth-order valence-corrected chi connectivity index (χ4v) is 3.75. The van der Waals surface area contributed by atoms with E-state index in [0.29, 0.717) is 12.8 Å². The minimum Gasteiger partial charge on any atom is -0.324 e. The van der Waals surface area contributed by atoms with Crippen molar-refractivity contribution < 1.29 is 14.4 Å². The normalized spacial score (nSPS) is 22.2. The highest BCUT2D eigenvalue weighted by atomic mass is 16.2. The van der Waals surface area contributed by atoms with Gasteiger partial charge >= 0.3 is 0 Å². The lowest BCUT2D eigenvalue weighted by atomic mass is 9.85. The molecule has 1 aromatic carbocycles. The molecule has 3 amide bonds. The van der Waals surface area contributed by atoms with E-state index in [0.717, 1.165) is 34.6 Å². The van der Waals surface area contributed by atoms with Crippen molar-refractivity contribution >= 4 is 23.4 Å². The first-order chi connectivity index (χ1) is 12.1. The molecule has 0 unspecified atom stereocenters. The van der Waals surface area contributed by atoms with E-state index in [9.17, 15) is 14.4 Å². The Morgan fingerprint density at radius 1 is 1.04 bits per heavy atom. The van der Waals surface area contributed by atoms with Gasteiger partial charge < -0.3 is 5.32 Å². The number of aryl methyl sites for hydroxylation is 2. The maximum Gasteiger partial charge on any atom is 0.244 e. The van der Waals surface area contributed by atoms with E-state index in [2.05, 4.69) is 5.32 Å². The average Bonchev–Trinajstić information content (AvgIpc) is 2.87. The molecule has 3 rings (SSSR count). The van der Waals surface area contributed by atoms with Crippen molar-refractivity contribution in [3.63, 3.8) is 0 Å². The monoisotopic (exact) mass is 340 g/mol. The second-order valence-corrected chi connectivity index (χ2v) is 6.62. The van der Waals surface area contributed by atoms with Gasteiger partial charge in [-0.15, -0.1) is 0 Å². The molecule has 2 aliphatic rings. The largest absolute Gasteiger partial charge is 0.324 e. The van der Waals surface area contributed by atoms with Crippen LogP contribution < -0.4 is 5.32 Å². The molecule has 25 heavy (non-hydrogen) atoms. The lowest BCUT2D eigenvalue weighted by Gasteiger charge is -2.17. The molecule has 0 spiro atoms. The number of carbonyl (C=O) groups is 3. The first kappa shape index (κ1) is 17.4. The predicted molar refractivity (Wildman–Crippen MR) is 95.9 cm³/mol. The van der Waals surface area contributed by atoms with Crippen molar-refractivity contribution in [2.24, 2.45) is 11.8 Å². The molecule has 1 aliphatic carbocycles. The highest BCUT2D eigenvalue weighted by Crippen LogP contribution is 2.35. The summed E-state index contributed by atoms with van der Waals surface area (Å²) in [5.41, 5.74) is 2.94. The molecule has 0 saturated carbocycles. The molecular formula is C20H24N2O3. The van der Waals surface area contributed by atoms with Crippen LogP contribution >= 0.6 is 0 Å². The van der Waals surface area contributed by atoms with Gasteiger partial charge in [0, 0.05) is 5.69 Å². The zero-order chi connectivity index (χ0) is 18.0. The third kappa shape index (κ3) is 3.23. The lowest BCUT2D eigenvalue weighted by Crippen LogP contribution is -2.38. The molecule has 0 aromatic heterocycles. The van der Waals surface area contributed by atoms with Crippen molar-refractivity contribution in [2.45, 2.75) is 39.5 Å². The van der Waals surface area contributed by atoms with Gasteiger partial charge in [0.1, 0.15) is 6.54 Å². The molecule has 132 valence electrons. The first-order valence-corrected chi connectivity index (χ1v) is 8.97.